The van der Waals surface area contributed by atoms with Crippen molar-refractivity contribution in [1.29, 1.82) is 0 Å². The van der Waals surface area contributed by atoms with Crippen molar-refractivity contribution in [2.45, 2.75) is 62.5 Å². The monoisotopic (exact) mass is 332 g/mol. The zero-order valence-corrected chi connectivity index (χ0v) is 14.7. The average Bonchev–Trinajstić information content (AvgIpc) is 2.46. The first-order valence-corrected chi connectivity index (χ1v) is 10.2. The van der Waals surface area contributed by atoms with Gasteiger partial charge in [0.25, 0.3) is 0 Å². The second kappa shape index (κ2) is 11.4. The SMILES string of the molecule is CCCCCCCCCSc1cc(F)c(CSC)c(F)c1. The van der Waals surface area contributed by atoms with Crippen LogP contribution in [0.25, 0.3) is 0 Å². The predicted molar refractivity (Wildman–Crippen MR) is 92.3 cm³/mol. The van der Waals surface area contributed by atoms with Gasteiger partial charge in [-0.05, 0) is 30.6 Å². The molecule has 4 heteroatoms. The summed E-state index contributed by atoms with van der Waals surface area (Å²) < 4.78 is 27.6. The smallest absolute Gasteiger partial charge is 0.131 e. The predicted octanol–water partition coefficient (Wildman–Crippen LogP) is 6.67. The number of halogens is 2. The largest absolute Gasteiger partial charge is 0.207 e. The van der Waals surface area contributed by atoms with Crippen LogP contribution in [0.15, 0.2) is 17.0 Å². The van der Waals surface area contributed by atoms with E-state index in [0.717, 1.165) is 12.2 Å². The van der Waals surface area contributed by atoms with E-state index in [-0.39, 0.29) is 5.56 Å². The Kier molecular flexibility index (Phi) is 10.2. The van der Waals surface area contributed by atoms with E-state index in [1.54, 1.807) is 11.8 Å². The minimum atomic E-state index is -0.411. The fourth-order valence-corrected chi connectivity index (χ4v) is 3.72. The highest BCUT2D eigenvalue weighted by Gasteiger charge is 2.10. The van der Waals surface area contributed by atoms with Crippen LogP contribution in [-0.4, -0.2) is 12.0 Å². The Balaban J connectivity index is 2.26. The zero-order valence-electron chi connectivity index (χ0n) is 13.1. The lowest BCUT2D eigenvalue weighted by atomic mass is 10.1. The van der Waals surface area contributed by atoms with Crippen molar-refractivity contribution in [3.8, 4) is 0 Å². The van der Waals surface area contributed by atoms with E-state index in [0.29, 0.717) is 10.6 Å². The summed E-state index contributed by atoms with van der Waals surface area (Å²) in [7, 11) is 0. The van der Waals surface area contributed by atoms with E-state index in [9.17, 15) is 8.78 Å². The van der Waals surface area contributed by atoms with Crippen molar-refractivity contribution in [1.82, 2.24) is 0 Å². The molecule has 0 atom stereocenters. The molecule has 0 heterocycles. The van der Waals surface area contributed by atoms with Crippen LogP contribution in [0.3, 0.4) is 0 Å². The Morgan fingerprint density at radius 2 is 1.48 bits per heavy atom. The summed E-state index contributed by atoms with van der Waals surface area (Å²) >= 11 is 2.99. The van der Waals surface area contributed by atoms with Crippen LogP contribution in [0.5, 0.6) is 0 Å². The van der Waals surface area contributed by atoms with Crippen molar-refractivity contribution < 1.29 is 8.78 Å². The molecule has 0 saturated carbocycles. The number of thioether (sulfide) groups is 2. The van der Waals surface area contributed by atoms with Crippen LogP contribution in [0.1, 0.15) is 57.4 Å². The molecule has 0 amide bonds. The van der Waals surface area contributed by atoms with E-state index in [1.165, 1.54) is 62.4 Å². The Morgan fingerprint density at radius 1 is 0.905 bits per heavy atom. The second-order valence-corrected chi connectivity index (χ2v) is 7.30. The molecule has 120 valence electrons. The maximum Gasteiger partial charge on any atom is 0.131 e. The Labute approximate surface area is 136 Å². The van der Waals surface area contributed by atoms with Gasteiger partial charge in [0.2, 0.25) is 0 Å². The molecule has 0 aliphatic carbocycles. The van der Waals surface area contributed by atoms with Crippen molar-refractivity contribution in [3.05, 3.63) is 29.3 Å². The molecule has 0 spiro atoms. The third-order valence-electron chi connectivity index (χ3n) is 3.42. The van der Waals surface area contributed by atoms with Crippen LogP contribution < -0.4 is 0 Å². The summed E-state index contributed by atoms with van der Waals surface area (Å²) in [5, 5.41) is 0. The number of hydrogen-bond donors (Lipinski definition) is 0. The number of hydrogen-bond acceptors (Lipinski definition) is 2. The first-order valence-electron chi connectivity index (χ1n) is 7.78. The van der Waals surface area contributed by atoms with Gasteiger partial charge < -0.3 is 0 Å². The van der Waals surface area contributed by atoms with Crippen molar-refractivity contribution in [2.24, 2.45) is 0 Å². The van der Waals surface area contributed by atoms with E-state index < -0.39 is 11.6 Å². The third kappa shape index (κ3) is 7.55. The highest BCUT2D eigenvalue weighted by atomic mass is 32.2. The molecule has 0 aromatic heterocycles. The Morgan fingerprint density at radius 3 is 2.05 bits per heavy atom. The van der Waals surface area contributed by atoms with Crippen LogP contribution in [-0.2, 0) is 5.75 Å². The fourth-order valence-electron chi connectivity index (χ4n) is 2.19. The zero-order chi connectivity index (χ0) is 15.5. The van der Waals surface area contributed by atoms with Gasteiger partial charge in [0.05, 0.1) is 0 Å². The van der Waals surface area contributed by atoms with Crippen LogP contribution >= 0.6 is 23.5 Å². The molecule has 0 saturated heterocycles. The lowest BCUT2D eigenvalue weighted by Crippen LogP contribution is -1.94. The van der Waals surface area contributed by atoms with Crippen LogP contribution in [0, 0.1) is 11.6 Å². The molecule has 0 unspecified atom stereocenters. The van der Waals surface area contributed by atoms with Gasteiger partial charge in [-0.25, -0.2) is 8.78 Å². The van der Waals surface area contributed by atoms with Crippen molar-refractivity contribution >= 4 is 23.5 Å². The van der Waals surface area contributed by atoms with Gasteiger partial charge in [-0.2, -0.15) is 11.8 Å². The molecule has 1 aromatic carbocycles. The molecule has 0 nitrogen and oxygen atoms in total. The average molecular weight is 333 g/mol. The van der Waals surface area contributed by atoms with E-state index in [1.807, 2.05) is 6.26 Å². The first kappa shape index (κ1) is 18.8. The molecule has 0 N–H and O–H groups in total. The molecule has 1 aromatic rings. The lowest BCUT2D eigenvalue weighted by molar-refractivity contribution is 0.560. The van der Waals surface area contributed by atoms with Crippen molar-refractivity contribution in [2.75, 3.05) is 12.0 Å². The second-order valence-electron chi connectivity index (χ2n) is 5.27. The van der Waals surface area contributed by atoms with Gasteiger partial charge >= 0.3 is 0 Å². The van der Waals surface area contributed by atoms with Gasteiger partial charge in [0.1, 0.15) is 11.6 Å². The van der Waals surface area contributed by atoms with E-state index in [2.05, 4.69) is 6.92 Å². The molecule has 0 fully saturated rings. The van der Waals surface area contributed by atoms with E-state index >= 15 is 0 Å². The fraction of sp³-hybridized carbons (Fsp3) is 0.647. The van der Waals surface area contributed by atoms with Crippen LogP contribution in [0.2, 0.25) is 0 Å². The highest BCUT2D eigenvalue weighted by molar-refractivity contribution is 7.99. The summed E-state index contributed by atoms with van der Waals surface area (Å²) in [5.41, 5.74) is 0.197. The highest BCUT2D eigenvalue weighted by Crippen LogP contribution is 2.26. The maximum atomic E-state index is 13.8. The third-order valence-corrected chi connectivity index (χ3v) is 5.06. The molecule has 0 radical (unpaired) electrons. The molecule has 0 bridgehead atoms. The Hall–Kier alpha value is -0.220. The van der Waals surface area contributed by atoms with Gasteiger partial charge in [0, 0.05) is 16.2 Å². The minimum Gasteiger partial charge on any atom is -0.207 e. The summed E-state index contributed by atoms with van der Waals surface area (Å²) in [6, 6.07) is 2.95. The summed E-state index contributed by atoms with van der Waals surface area (Å²) in [5.74, 6) is 0.507. The van der Waals surface area contributed by atoms with Gasteiger partial charge in [-0.3, -0.25) is 0 Å². The summed E-state index contributed by atoms with van der Waals surface area (Å²) in [6.45, 7) is 2.22. The van der Waals surface area contributed by atoms with E-state index in [4.69, 9.17) is 0 Å². The quantitative estimate of drug-likeness (QED) is 0.328. The topological polar surface area (TPSA) is 0 Å². The maximum absolute atomic E-state index is 13.8. The normalized spacial score (nSPS) is 11.0. The number of benzene rings is 1. The molecule has 0 aliphatic heterocycles. The molecular weight excluding hydrogens is 306 g/mol. The molecule has 1 rings (SSSR count). The van der Waals surface area contributed by atoms with Gasteiger partial charge in [-0.15, -0.1) is 11.8 Å². The number of rotatable bonds is 11. The van der Waals surface area contributed by atoms with Crippen LogP contribution in [0.4, 0.5) is 8.78 Å². The number of unbranched alkanes of at least 4 members (excludes halogenated alkanes) is 6. The van der Waals surface area contributed by atoms with Gasteiger partial charge in [0.15, 0.2) is 0 Å². The van der Waals surface area contributed by atoms with Crippen molar-refractivity contribution in [3.63, 3.8) is 0 Å². The molecule has 0 aliphatic rings. The molecule has 21 heavy (non-hydrogen) atoms. The standard InChI is InChI=1S/C17H26F2S2/c1-3-4-5-6-7-8-9-10-21-14-11-16(18)15(13-20-2)17(19)12-14/h11-12H,3-10,13H2,1-2H3. The summed E-state index contributed by atoms with van der Waals surface area (Å²) in [6.07, 6.45) is 10.7. The Bertz CT molecular complexity index is 385. The first-order chi connectivity index (χ1) is 10.2. The lowest BCUT2D eigenvalue weighted by Gasteiger charge is -2.07. The minimum absolute atomic E-state index is 0.197. The molecular formula is C17H26F2S2. The summed E-state index contributed by atoms with van der Waals surface area (Å²) in [4.78, 5) is 0.709. The van der Waals surface area contributed by atoms with Gasteiger partial charge in [-0.1, -0.05) is 45.4 Å².